The summed E-state index contributed by atoms with van der Waals surface area (Å²) in [6, 6.07) is 20.0. The minimum atomic E-state index is -4.44. The lowest BCUT2D eigenvalue weighted by atomic mass is 10.1. The highest BCUT2D eigenvalue weighted by atomic mass is 32.2. The quantitative estimate of drug-likeness (QED) is 0.631. The summed E-state index contributed by atoms with van der Waals surface area (Å²) in [5, 5.41) is 2.63. The van der Waals surface area contributed by atoms with Gasteiger partial charge in [-0.3, -0.25) is 9.00 Å². The van der Waals surface area contributed by atoms with Crippen LogP contribution in [-0.2, 0) is 22.7 Å². The highest BCUT2D eigenvalue weighted by molar-refractivity contribution is 7.84. The molecule has 0 aliphatic rings. The molecule has 0 saturated heterocycles. The zero-order valence-corrected chi connectivity index (χ0v) is 15.4. The molecule has 28 heavy (non-hydrogen) atoms. The fourth-order valence-electron chi connectivity index (χ4n) is 2.51. The van der Waals surface area contributed by atoms with Crippen molar-refractivity contribution in [3.8, 4) is 0 Å². The van der Waals surface area contributed by atoms with Gasteiger partial charge >= 0.3 is 6.18 Å². The molecule has 0 spiro atoms. The molecule has 0 aromatic heterocycles. The van der Waals surface area contributed by atoms with Crippen molar-refractivity contribution in [1.29, 1.82) is 0 Å². The minimum Gasteiger partial charge on any atom is -0.322 e. The van der Waals surface area contributed by atoms with Crippen LogP contribution in [0, 0.1) is 0 Å². The molecule has 0 heterocycles. The molecule has 144 valence electrons. The van der Waals surface area contributed by atoms with Crippen LogP contribution in [0.4, 0.5) is 18.9 Å². The monoisotopic (exact) mass is 403 g/mol. The number of hydrogen-bond acceptors (Lipinski definition) is 2. The molecule has 3 nitrogen and oxygen atoms in total. The van der Waals surface area contributed by atoms with Crippen LogP contribution < -0.4 is 5.32 Å². The fraction of sp³-hybridized carbons (Fsp3) is 0.0952. The molecule has 0 fully saturated rings. The lowest BCUT2D eigenvalue weighted by Gasteiger charge is -2.09. The van der Waals surface area contributed by atoms with E-state index in [1.54, 1.807) is 36.4 Å². The van der Waals surface area contributed by atoms with E-state index in [2.05, 4.69) is 5.32 Å². The molecule has 1 N–H and O–H groups in total. The molecule has 3 aromatic carbocycles. The zero-order chi connectivity index (χ0) is 20.1. The number of nitrogens with one attached hydrogen (secondary N) is 1. The molecule has 0 aliphatic heterocycles. The Bertz CT molecular complexity index is 969. The maximum atomic E-state index is 12.6. The molecule has 7 heteroatoms. The second-order valence-corrected chi connectivity index (χ2v) is 7.48. The van der Waals surface area contributed by atoms with Crippen LogP contribution in [0.3, 0.4) is 0 Å². The summed E-state index contributed by atoms with van der Waals surface area (Å²) in [6.45, 7) is 0. The molecule has 0 radical (unpaired) electrons. The number of benzene rings is 3. The van der Waals surface area contributed by atoms with Crippen LogP contribution >= 0.6 is 0 Å². The Morgan fingerprint density at radius 1 is 0.857 bits per heavy atom. The van der Waals surface area contributed by atoms with Crippen molar-refractivity contribution in [1.82, 2.24) is 0 Å². The number of carbonyl (C=O) groups excluding carboxylic acids is 1. The SMILES string of the molecule is O=C(Nc1ccc(C[S@@](=O)c2ccccc2)cc1)c1ccc(C(F)(F)F)cc1. The Morgan fingerprint density at radius 2 is 1.46 bits per heavy atom. The Balaban J connectivity index is 1.62. The smallest absolute Gasteiger partial charge is 0.322 e. The van der Waals surface area contributed by atoms with E-state index in [0.29, 0.717) is 11.4 Å². The van der Waals surface area contributed by atoms with Gasteiger partial charge in [-0.2, -0.15) is 13.2 Å². The Hall–Kier alpha value is -2.93. The van der Waals surface area contributed by atoms with E-state index < -0.39 is 28.4 Å². The Kier molecular flexibility index (Phi) is 5.94. The zero-order valence-electron chi connectivity index (χ0n) is 14.6. The third-order valence-corrected chi connectivity index (χ3v) is 5.38. The average Bonchev–Trinajstić information content (AvgIpc) is 2.69. The highest BCUT2D eigenvalue weighted by Gasteiger charge is 2.30. The molecule has 0 saturated carbocycles. The van der Waals surface area contributed by atoms with Gasteiger partial charge < -0.3 is 5.32 Å². The van der Waals surface area contributed by atoms with Crippen molar-refractivity contribution < 1.29 is 22.2 Å². The van der Waals surface area contributed by atoms with Gasteiger partial charge in [-0.05, 0) is 54.1 Å². The third-order valence-electron chi connectivity index (χ3n) is 3.99. The van der Waals surface area contributed by atoms with Crippen LogP contribution in [0.25, 0.3) is 0 Å². The number of amides is 1. The fourth-order valence-corrected chi connectivity index (χ4v) is 3.63. The van der Waals surface area contributed by atoms with Crippen molar-refractivity contribution in [2.24, 2.45) is 0 Å². The number of hydrogen-bond donors (Lipinski definition) is 1. The number of alkyl halides is 3. The first-order valence-corrected chi connectivity index (χ1v) is 9.66. The van der Waals surface area contributed by atoms with Gasteiger partial charge in [0.1, 0.15) is 0 Å². The largest absolute Gasteiger partial charge is 0.416 e. The van der Waals surface area contributed by atoms with E-state index in [4.69, 9.17) is 0 Å². The van der Waals surface area contributed by atoms with Gasteiger partial charge in [0.2, 0.25) is 0 Å². The molecular weight excluding hydrogens is 387 g/mol. The highest BCUT2D eigenvalue weighted by Crippen LogP contribution is 2.29. The second-order valence-electron chi connectivity index (χ2n) is 6.03. The Morgan fingerprint density at radius 3 is 2.04 bits per heavy atom. The van der Waals surface area contributed by atoms with Gasteiger partial charge in [-0.1, -0.05) is 30.3 Å². The topological polar surface area (TPSA) is 46.2 Å². The van der Waals surface area contributed by atoms with E-state index in [0.717, 1.165) is 34.7 Å². The number of anilines is 1. The lowest BCUT2D eigenvalue weighted by Crippen LogP contribution is -2.13. The maximum Gasteiger partial charge on any atom is 0.416 e. The third kappa shape index (κ3) is 5.07. The molecule has 1 amide bonds. The van der Waals surface area contributed by atoms with Crippen LogP contribution in [0.1, 0.15) is 21.5 Å². The summed E-state index contributed by atoms with van der Waals surface area (Å²) in [6.07, 6.45) is -4.44. The average molecular weight is 403 g/mol. The van der Waals surface area contributed by atoms with Crippen molar-refractivity contribution in [2.75, 3.05) is 5.32 Å². The summed E-state index contributed by atoms with van der Waals surface area (Å²) < 4.78 is 50.1. The normalized spacial score (nSPS) is 12.4. The van der Waals surface area contributed by atoms with Gasteiger partial charge in [0.15, 0.2) is 0 Å². The van der Waals surface area contributed by atoms with Crippen LogP contribution in [-0.4, -0.2) is 10.1 Å². The minimum absolute atomic E-state index is 0.127. The van der Waals surface area contributed by atoms with Crippen LogP contribution in [0.2, 0.25) is 0 Å². The maximum absolute atomic E-state index is 12.6. The molecule has 0 bridgehead atoms. The van der Waals surface area contributed by atoms with E-state index in [-0.39, 0.29) is 5.56 Å². The first kappa shape index (κ1) is 19.8. The summed E-state index contributed by atoms with van der Waals surface area (Å²) >= 11 is 0. The number of rotatable bonds is 5. The number of halogens is 3. The Labute approximate surface area is 162 Å². The van der Waals surface area contributed by atoms with Crippen molar-refractivity contribution in [3.05, 3.63) is 95.6 Å². The molecule has 3 aromatic rings. The van der Waals surface area contributed by atoms with E-state index >= 15 is 0 Å². The van der Waals surface area contributed by atoms with Gasteiger partial charge in [0.25, 0.3) is 5.91 Å². The van der Waals surface area contributed by atoms with Crippen molar-refractivity contribution in [3.63, 3.8) is 0 Å². The lowest BCUT2D eigenvalue weighted by molar-refractivity contribution is -0.137. The predicted octanol–water partition coefficient (Wildman–Crippen LogP) is 5.27. The van der Waals surface area contributed by atoms with Gasteiger partial charge in [-0.15, -0.1) is 0 Å². The molecule has 0 aliphatic carbocycles. The summed E-state index contributed by atoms with van der Waals surface area (Å²) in [7, 11) is -1.17. The van der Waals surface area contributed by atoms with Crippen LogP contribution in [0.5, 0.6) is 0 Å². The molecule has 3 rings (SSSR count). The number of carbonyl (C=O) groups is 1. The van der Waals surface area contributed by atoms with Crippen molar-refractivity contribution in [2.45, 2.75) is 16.8 Å². The summed E-state index contributed by atoms with van der Waals surface area (Å²) in [4.78, 5) is 12.9. The first-order valence-electron chi connectivity index (χ1n) is 8.34. The van der Waals surface area contributed by atoms with Gasteiger partial charge in [-0.25, -0.2) is 0 Å². The molecule has 0 unspecified atom stereocenters. The predicted molar refractivity (Wildman–Crippen MR) is 102 cm³/mol. The van der Waals surface area contributed by atoms with E-state index in [1.807, 2.05) is 18.2 Å². The standard InChI is InChI=1S/C21H16F3NO2S/c22-21(23,24)17-10-8-16(9-11-17)20(26)25-18-12-6-15(7-13-18)14-28(27)19-4-2-1-3-5-19/h1-13H,14H2,(H,25,26)/t28-/m1/s1. The second kappa shape index (κ2) is 8.39. The van der Waals surface area contributed by atoms with Crippen LogP contribution in [0.15, 0.2) is 83.8 Å². The summed E-state index contributed by atoms with van der Waals surface area (Å²) in [5.74, 6) is -0.161. The summed E-state index contributed by atoms with van der Waals surface area (Å²) in [5.41, 5.74) is 0.663. The first-order chi connectivity index (χ1) is 13.3. The van der Waals surface area contributed by atoms with Crippen molar-refractivity contribution >= 4 is 22.4 Å². The molecular formula is C21H16F3NO2S. The van der Waals surface area contributed by atoms with E-state index in [1.165, 1.54) is 0 Å². The van der Waals surface area contributed by atoms with Gasteiger partial charge in [0, 0.05) is 16.1 Å². The van der Waals surface area contributed by atoms with Gasteiger partial charge in [0.05, 0.1) is 22.1 Å². The van der Waals surface area contributed by atoms with E-state index in [9.17, 15) is 22.2 Å². The molecule has 1 atom stereocenters.